The lowest BCUT2D eigenvalue weighted by Crippen LogP contribution is -2.41. The summed E-state index contributed by atoms with van der Waals surface area (Å²) in [5.41, 5.74) is 0.931. The van der Waals surface area contributed by atoms with E-state index in [2.05, 4.69) is 0 Å². The van der Waals surface area contributed by atoms with Crippen molar-refractivity contribution in [2.75, 3.05) is 20.2 Å². The molecule has 4 heteroatoms. The minimum absolute atomic E-state index is 0.143. The van der Waals surface area contributed by atoms with Gasteiger partial charge in [0.1, 0.15) is 5.75 Å². The van der Waals surface area contributed by atoms with E-state index in [1.54, 1.807) is 7.11 Å². The first kappa shape index (κ1) is 15.8. The fraction of sp³-hybridized carbons (Fsp3) is 0.588. The molecule has 2 rings (SSSR count). The number of hydrogen-bond acceptors (Lipinski definition) is 3. The molecule has 1 N–H and O–H groups in total. The molecule has 0 aromatic heterocycles. The number of aliphatic hydroxyl groups excluding tert-OH is 1. The summed E-state index contributed by atoms with van der Waals surface area (Å²) in [6, 6.07) is 7.65. The van der Waals surface area contributed by atoms with Gasteiger partial charge in [-0.25, -0.2) is 0 Å². The van der Waals surface area contributed by atoms with Crippen LogP contribution in [0.25, 0.3) is 0 Å². The summed E-state index contributed by atoms with van der Waals surface area (Å²) >= 11 is 0. The molecule has 1 aliphatic rings. The number of nitrogens with zero attached hydrogens (tertiary/aromatic N) is 1. The second kappa shape index (κ2) is 7.46. The molecule has 0 spiro atoms. The fourth-order valence-corrected chi connectivity index (χ4v) is 2.99. The maximum atomic E-state index is 12.4. The zero-order valence-electron chi connectivity index (χ0n) is 12.9. The Morgan fingerprint density at radius 1 is 1.38 bits per heavy atom. The van der Waals surface area contributed by atoms with Gasteiger partial charge in [-0.1, -0.05) is 25.1 Å². The van der Waals surface area contributed by atoms with Crippen LogP contribution < -0.4 is 4.74 Å². The van der Waals surface area contributed by atoms with Crippen molar-refractivity contribution in [1.82, 2.24) is 4.90 Å². The summed E-state index contributed by atoms with van der Waals surface area (Å²) in [6.45, 7) is 3.50. The van der Waals surface area contributed by atoms with Crippen molar-refractivity contribution in [3.8, 4) is 5.75 Å². The van der Waals surface area contributed by atoms with E-state index >= 15 is 0 Å². The van der Waals surface area contributed by atoms with Crippen LogP contribution >= 0.6 is 0 Å². The van der Waals surface area contributed by atoms with Gasteiger partial charge in [0.05, 0.1) is 19.6 Å². The monoisotopic (exact) mass is 291 g/mol. The Kier molecular flexibility index (Phi) is 5.62. The van der Waals surface area contributed by atoms with E-state index < -0.39 is 0 Å². The number of aliphatic hydroxyl groups is 1. The number of para-hydroxylation sites is 1. The smallest absolute Gasteiger partial charge is 0.227 e. The molecule has 0 radical (unpaired) electrons. The molecule has 0 aliphatic carbocycles. The highest BCUT2D eigenvalue weighted by molar-refractivity contribution is 5.79. The molecule has 21 heavy (non-hydrogen) atoms. The van der Waals surface area contributed by atoms with Crippen molar-refractivity contribution >= 4 is 5.91 Å². The topological polar surface area (TPSA) is 49.8 Å². The predicted octanol–water partition coefficient (Wildman–Crippen LogP) is 2.25. The number of rotatable bonds is 5. The number of piperidine rings is 1. The van der Waals surface area contributed by atoms with Gasteiger partial charge < -0.3 is 14.7 Å². The number of carbonyl (C=O) groups excluding carboxylic acids is 1. The first-order valence-electron chi connectivity index (χ1n) is 7.73. The highest BCUT2D eigenvalue weighted by Gasteiger charge is 2.26. The standard InChI is InChI=1S/C17H25NO3/c1-3-15(19)13-8-10-18(11-9-13)17(20)12-14-6-4-5-7-16(14)21-2/h4-7,13,15,19H,3,8-12H2,1-2H3. The Balaban J connectivity index is 1.90. The summed E-state index contributed by atoms with van der Waals surface area (Å²) in [4.78, 5) is 14.3. The first-order chi connectivity index (χ1) is 10.2. The van der Waals surface area contributed by atoms with E-state index in [0.29, 0.717) is 12.3 Å². The van der Waals surface area contributed by atoms with Crippen LogP contribution in [0.2, 0.25) is 0 Å². The Hall–Kier alpha value is -1.55. The van der Waals surface area contributed by atoms with Crippen LogP contribution in [0.15, 0.2) is 24.3 Å². The Bertz CT molecular complexity index is 467. The summed E-state index contributed by atoms with van der Waals surface area (Å²) in [5, 5.41) is 9.89. The van der Waals surface area contributed by atoms with Gasteiger partial charge in [0.25, 0.3) is 0 Å². The van der Waals surface area contributed by atoms with Crippen molar-refractivity contribution in [2.45, 2.75) is 38.7 Å². The number of methoxy groups -OCH3 is 1. The first-order valence-corrected chi connectivity index (χ1v) is 7.73. The molecule has 1 heterocycles. The minimum atomic E-state index is -0.225. The Labute approximate surface area is 126 Å². The average Bonchev–Trinajstić information content (AvgIpc) is 2.54. The number of hydrogen-bond donors (Lipinski definition) is 1. The van der Waals surface area contributed by atoms with Crippen molar-refractivity contribution < 1.29 is 14.6 Å². The molecule has 1 aromatic rings. The van der Waals surface area contributed by atoms with Crippen LogP contribution in [0, 0.1) is 5.92 Å². The molecule has 116 valence electrons. The average molecular weight is 291 g/mol. The molecule has 1 aromatic carbocycles. The van der Waals surface area contributed by atoms with E-state index in [-0.39, 0.29) is 12.0 Å². The Morgan fingerprint density at radius 3 is 2.67 bits per heavy atom. The third-order valence-electron chi connectivity index (χ3n) is 4.39. The summed E-state index contributed by atoms with van der Waals surface area (Å²) in [6.07, 6.45) is 2.74. The van der Waals surface area contributed by atoms with Crippen LogP contribution in [0.5, 0.6) is 5.75 Å². The molecule has 1 fully saturated rings. The summed E-state index contributed by atoms with van der Waals surface area (Å²) in [5.74, 6) is 1.25. The molecular formula is C17H25NO3. The van der Waals surface area contributed by atoms with Crippen LogP contribution in [0.1, 0.15) is 31.7 Å². The lowest BCUT2D eigenvalue weighted by atomic mass is 9.90. The number of benzene rings is 1. The van der Waals surface area contributed by atoms with Crippen molar-refractivity contribution in [1.29, 1.82) is 0 Å². The third kappa shape index (κ3) is 3.97. The van der Waals surface area contributed by atoms with Gasteiger partial charge >= 0.3 is 0 Å². The largest absolute Gasteiger partial charge is 0.496 e. The predicted molar refractivity (Wildman–Crippen MR) is 82.3 cm³/mol. The van der Waals surface area contributed by atoms with E-state index in [4.69, 9.17) is 4.74 Å². The number of amides is 1. The normalized spacial score (nSPS) is 17.6. The van der Waals surface area contributed by atoms with Gasteiger partial charge in [0, 0.05) is 18.7 Å². The number of carbonyl (C=O) groups is 1. The molecule has 0 bridgehead atoms. The molecule has 0 saturated carbocycles. The quantitative estimate of drug-likeness (QED) is 0.905. The van der Waals surface area contributed by atoms with Crippen molar-refractivity contribution in [2.24, 2.45) is 5.92 Å². The second-order valence-electron chi connectivity index (χ2n) is 5.68. The van der Waals surface area contributed by atoms with Gasteiger partial charge in [-0.3, -0.25) is 4.79 Å². The summed E-state index contributed by atoms with van der Waals surface area (Å²) in [7, 11) is 1.63. The van der Waals surface area contributed by atoms with E-state index in [0.717, 1.165) is 43.7 Å². The van der Waals surface area contributed by atoms with Gasteiger partial charge in [-0.15, -0.1) is 0 Å². The SMILES string of the molecule is CCC(O)C1CCN(C(=O)Cc2ccccc2OC)CC1. The van der Waals surface area contributed by atoms with Crippen molar-refractivity contribution in [3.63, 3.8) is 0 Å². The van der Waals surface area contributed by atoms with Gasteiger partial charge in [-0.05, 0) is 31.2 Å². The molecule has 1 amide bonds. The van der Waals surface area contributed by atoms with E-state index in [1.807, 2.05) is 36.1 Å². The molecule has 1 saturated heterocycles. The second-order valence-corrected chi connectivity index (χ2v) is 5.68. The minimum Gasteiger partial charge on any atom is -0.496 e. The zero-order chi connectivity index (χ0) is 15.2. The molecular weight excluding hydrogens is 266 g/mol. The van der Waals surface area contributed by atoms with E-state index in [9.17, 15) is 9.90 Å². The summed E-state index contributed by atoms with van der Waals surface area (Å²) < 4.78 is 5.29. The van der Waals surface area contributed by atoms with Crippen molar-refractivity contribution in [3.05, 3.63) is 29.8 Å². The molecule has 1 unspecified atom stereocenters. The molecule has 4 nitrogen and oxygen atoms in total. The number of ether oxygens (including phenoxy) is 1. The van der Waals surface area contributed by atoms with E-state index in [1.165, 1.54) is 0 Å². The zero-order valence-corrected chi connectivity index (χ0v) is 12.9. The van der Waals surface area contributed by atoms with Gasteiger partial charge in [0.2, 0.25) is 5.91 Å². The maximum absolute atomic E-state index is 12.4. The Morgan fingerprint density at radius 2 is 2.05 bits per heavy atom. The fourth-order valence-electron chi connectivity index (χ4n) is 2.99. The lowest BCUT2D eigenvalue weighted by Gasteiger charge is -2.34. The molecule has 1 aliphatic heterocycles. The maximum Gasteiger partial charge on any atom is 0.227 e. The van der Waals surface area contributed by atoms with Gasteiger partial charge in [0.15, 0.2) is 0 Å². The highest BCUT2D eigenvalue weighted by Crippen LogP contribution is 2.24. The van der Waals surface area contributed by atoms with Crippen LogP contribution in [-0.4, -0.2) is 42.2 Å². The third-order valence-corrected chi connectivity index (χ3v) is 4.39. The highest BCUT2D eigenvalue weighted by atomic mass is 16.5. The lowest BCUT2D eigenvalue weighted by molar-refractivity contribution is -0.132. The molecule has 1 atom stereocenters. The van der Waals surface area contributed by atoms with Crippen LogP contribution in [0.3, 0.4) is 0 Å². The van der Waals surface area contributed by atoms with Gasteiger partial charge in [-0.2, -0.15) is 0 Å². The van der Waals surface area contributed by atoms with Crippen LogP contribution in [0.4, 0.5) is 0 Å². The number of likely N-dealkylation sites (tertiary alicyclic amines) is 1. The van der Waals surface area contributed by atoms with Crippen LogP contribution in [-0.2, 0) is 11.2 Å².